The molecule has 1 N–H and O–H groups in total. The summed E-state index contributed by atoms with van der Waals surface area (Å²) in [5.74, 6) is -1.43. The Hall–Kier alpha value is -1.81. The number of hydrogen-bond donors (Lipinski definition) is 1. The Morgan fingerprint density at radius 2 is 1.94 bits per heavy atom. The highest BCUT2D eigenvalue weighted by Crippen LogP contribution is 2.24. The predicted molar refractivity (Wildman–Crippen MR) is 59.4 cm³/mol. The first-order valence-electron chi connectivity index (χ1n) is 5.12. The summed E-state index contributed by atoms with van der Waals surface area (Å²) in [5, 5.41) is 9.99. The SMILES string of the molecule is Cc1cncc(C(O)c2ccc(F)cc2F)c1. The Bertz CT molecular complexity index is 543. The lowest BCUT2D eigenvalue weighted by Crippen LogP contribution is -2.03. The maximum Gasteiger partial charge on any atom is 0.132 e. The van der Waals surface area contributed by atoms with Crippen LogP contribution in [0.15, 0.2) is 36.7 Å². The first-order chi connectivity index (χ1) is 8.08. The molecule has 4 heteroatoms. The monoisotopic (exact) mass is 235 g/mol. The molecule has 1 aromatic carbocycles. The molecule has 2 rings (SSSR count). The molecule has 0 amide bonds. The molecule has 1 aromatic heterocycles. The summed E-state index contributed by atoms with van der Waals surface area (Å²) < 4.78 is 26.2. The van der Waals surface area contributed by atoms with Crippen molar-refractivity contribution in [1.29, 1.82) is 0 Å². The van der Waals surface area contributed by atoms with Crippen molar-refractivity contribution < 1.29 is 13.9 Å². The van der Waals surface area contributed by atoms with Crippen LogP contribution in [0, 0.1) is 18.6 Å². The third-order valence-electron chi connectivity index (χ3n) is 2.47. The Kier molecular flexibility index (Phi) is 3.15. The number of hydrogen-bond acceptors (Lipinski definition) is 2. The fourth-order valence-electron chi connectivity index (χ4n) is 1.63. The molecule has 17 heavy (non-hydrogen) atoms. The Morgan fingerprint density at radius 3 is 2.59 bits per heavy atom. The number of aliphatic hydroxyl groups is 1. The van der Waals surface area contributed by atoms with Crippen LogP contribution in [-0.4, -0.2) is 10.1 Å². The number of aryl methyl sites for hydroxylation is 1. The Balaban J connectivity index is 2.40. The summed E-state index contributed by atoms with van der Waals surface area (Å²) in [6.07, 6.45) is 1.96. The van der Waals surface area contributed by atoms with Crippen molar-refractivity contribution in [2.45, 2.75) is 13.0 Å². The van der Waals surface area contributed by atoms with Crippen molar-refractivity contribution >= 4 is 0 Å². The van der Waals surface area contributed by atoms with E-state index in [0.29, 0.717) is 5.56 Å². The molecule has 1 heterocycles. The molecule has 0 bridgehead atoms. The van der Waals surface area contributed by atoms with Gasteiger partial charge in [0, 0.05) is 29.6 Å². The number of rotatable bonds is 2. The van der Waals surface area contributed by atoms with E-state index in [-0.39, 0.29) is 5.56 Å². The van der Waals surface area contributed by atoms with Crippen LogP contribution in [0.1, 0.15) is 22.8 Å². The first kappa shape index (κ1) is 11.7. The third kappa shape index (κ3) is 2.47. The van der Waals surface area contributed by atoms with E-state index in [4.69, 9.17) is 0 Å². The average Bonchev–Trinajstić information content (AvgIpc) is 2.28. The lowest BCUT2D eigenvalue weighted by Gasteiger charge is -2.12. The summed E-state index contributed by atoms with van der Waals surface area (Å²) in [7, 11) is 0. The molecule has 0 aliphatic rings. The molecule has 0 saturated heterocycles. The molecule has 1 atom stereocenters. The van der Waals surface area contributed by atoms with Crippen LogP contribution < -0.4 is 0 Å². The van der Waals surface area contributed by atoms with Gasteiger partial charge < -0.3 is 5.11 Å². The third-order valence-corrected chi connectivity index (χ3v) is 2.47. The van der Waals surface area contributed by atoms with E-state index in [0.717, 1.165) is 17.7 Å². The normalized spacial score (nSPS) is 12.5. The molecule has 2 aromatic rings. The highest BCUT2D eigenvalue weighted by Gasteiger charge is 2.15. The van der Waals surface area contributed by atoms with Crippen LogP contribution >= 0.6 is 0 Å². The van der Waals surface area contributed by atoms with E-state index in [1.165, 1.54) is 12.3 Å². The number of aliphatic hydroxyl groups excluding tert-OH is 1. The van der Waals surface area contributed by atoms with Gasteiger partial charge >= 0.3 is 0 Å². The van der Waals surface area contributed by atoms with Crippen LogP contribution in [0.25, 0.3) is 0 Å². The van der Waals surface area contributed by atoms with Gasteiger partial charge in [0.05, 0.1) is 0 Å². The molecule has 0 spiro atoms. The van der Waals surface area contributed by atoms with Crippen LogP contribution in [0.5, 0.6) is 0 Å². The lowest BCUT2D eigenvalue weighted by atomic mass is 10.0. The van der Waals surface area contributed by atoms with Gasteiger partial charge in [-0.2, -0.15) is 0 Å². The molecule has 0 saturated carbocycles. The van der Waals surface area contributed by atoms with E-state index in [1.54, 1.807) is 12.3 Å². The van der Waals surface area contributed by atoms with Crippen molar-refractivity contribution in [2.75, 3.05) is 0 Å². The highest BCUT2D eigenvalue weighted by atomic mass is 19.1. The van der Waals surface area contributed by atoms with Gasteiger partial charge in [0.2, 0.25) is 0 Å². The minimum absolute atomic E-state index is 0.0406. The van der Waals surface area contributed by atoms with Gasteiger partial charge in [-0.15, -0.1) is 0 Å². The number of nitrogens with zero attached hydrogens (tertiary/aromatic N) is 1. The molecule has 0 radical (unpaired) electrons. The van der Waals surface area contributed by atoms with E-state index >= 15 is 0 Å². The Labute approximate surface area is 97.6 Å². The van der Waals surface area contributed by atoms with E-state index in [9.17, 15) is 13.9 Å². The number of halogens is 2. The summed E-state index contributed by atoms with van der Waals surface area (Å²) in [4.78, 5) is 3.92. The van der Waals surface area contributed by atoms with Crippen LogP contribution in [-0.2, 0) is 0 Å². The molecule has 0 aliphatic carbocycles. The first-order valence-corrected chi connectivity index (χ1v) is 5.12. The molecule has 88 valence electrons. The zero-order valence-corrected chi connectivity index (χ0v) is 9.19. The average molecular weight is 235 g/mol. The largest absolute Gasteiger partial charge is 0.383 e. The summed E-state index contributed by atoms with van der Waals surface area (Å²) >= 11 is 0. The zero-order valence-electron chi connectivity index (χ0n) is 9.19. The van der Waals surface area contributed by atoms with Gasteiger partial charge in [-0.1, -0.05) is 12.1 Å². The molecule has 0 aliphatic heterocycles. The second-order valence-corrected chi connectivity index (χ2v) is 3.86. The number of pyridine rings is 1. The smallest absolute Gasteiger partial charge is 0.132 e. The lowest BCUT2D eigenvalue weighted by molar-refractivity contribution is 0.214. The van der Waals surface area contributed by atoms with Gasteiger partial charge in [0.15, 0.2) is 0 Å². The Morgan fingerprint density at radius 1 is 1.18 bits per heavy atom. The molecular weight excluding hydrogens is 224 g/mol. The van der Waals surface area contributed by atoms with Crippen LogP contribution in [0.4, 0.5) is 8.78 Å². The van der Waals surface area contributed by atoms with E-state index in [1.807, 2.05) is 6.92 Å². The van der Waals surface area contributed by atoms with Crippen LogP contribution in [0.2, 0.25) is 0 Å². The zero-order chi connectivity index (χ0) is 12.4. The summed E-state index contributed by atoms with van der Waals surface area (Å²) in [6.45, 7) is 1.82. The van der Waals surface area contributed by atoms with Crippen molar-refractivity contribution in [1.82, 2.24) is 4.98 Å². The molecule has 1 unspecified atom stereocenters. The van der Waals surface area contributed by atoms with Crippen molar-refractivity contribution in [3.63, 3.8) is 0 Å². The highest BCUT2D eigenvalue weighted by molar-refractivity contribution is 5.31. The molecular formula is C13H11F2NO. The quantitative estimate of drug-likeness (QED) is 0.868. The fraction of sp³-hybridized carbons (Fsp3) is 0.154. The van der Waals surface area contributed by atoms with Gasteiger partial charge in [-0.3, -0.25) is 4.98 Å². The second-order valence-electron chi connectivity index (χ2n) is 3.86. The van der Waals surface area contributed by atoms with Crippen LogP contribution in [0.3, 0.4) is 0 Å². The van der Waals surface area contributed by atoms with Gasteiger partial charge in [-0.25, -0.2) is 8.78 Å². The van der Waals surface area contributed by atoms with E-state index < -0.39 is 17.7 Å². The second kappa shape index (κ2) is 4.59. The molecule has 0 fully saturated rings. The number of aromatic nitrogens is 1. The van der Waals surface area contributed by atoms with Crippen molar-refractivity contribution in [3.05, 3.63) is 65.0 Å². The van der Waals surface area contributed by atoms with Gasteiger partial charge in [-0.05, 0) is 18.6 Å². The van der Waals surface area contributed by atoms with Gasteiger partial charge in [0.1, 0.15) is 17.7 Å². The minimum atomic E-state index is -1.14. The standard InChI is InChI=1S/C13H11F2NO/c1-8-4-9(7-16-6-8)13(17)11-3-2-10(14)5-12(11)15/h2-7,13,17H,1H3. The van der Waals surface area contributed by atoms with Crippen molar-refractivity contribution in [3.8, 4) is 0 Å². The topological polar surface area (TPSA) is 33.1 Å². The van der Waals surface area contributed by atoms with Gasteiger partial charge in [0.25, 0.3) is 0 Å². The fourth-order valence-corrected chi connectivity index (χ4v) is 1.63. The maximum atomic E-state index is 13.5. The number of benzene rings is 1. The molecule has 2 nitrogen and oxygen atoms in total. The minimum Gasteiger partial charge on any atom is -0.383 e. The summed E-state index contributed by atoms with van der Waals surface area (Å²) in [6, 6.07) is 4.81. The predicted octanol–water partition coefficient (Wildman–Crippen LogP) is 2.75. The maximum absolute atomic E-state index is 13.5. The van der Waals surface area contributed by atoms with Crippen molar-refractivity contribution in [2.24, 2.45) is 0 Å². The van der Waals surface area contributed by atoms with E-state index in [2.05, 4.69) is 4.98 Å². The summed E-state index contributed by atoms with van der Waals surface area (Å²) in [5.41, 5.74) is 1.39.